The molecule has 2 N–H and O–H groups in total. The van der Waals surface area contributed by atoms with Crippen molar-refractivity contribution >= 4 is 23.2 Å². The van der Waals surface area contributed by atoms with Gasteiger partial charge >= 0.3 is 0 Å². The van der Waals surface area contributed by atoms with E-state index < -0.39 is 0 Å². The minimum atomic E-state index is -0.148. The molecule has 0 aliphatic heterocycles. The number of hydrogen-bond donors (Lipinski definition) is 2. The number of hydrogen-bond acceptors (Lipinski definition) is 5. The van der Waals surface area contributed by atoms with Gasteiger partial charge in [-0.2, -0.15) is 0 Å². The van der Waals surface area contributed by atoms with E-state index in [1.54, 1.807) is 18.6 Å². The number of carbonyl (C=O) groups excluding carboxylic acids is 1. The molecule has 0 spiro atoms. The van der Waals surface area contributed by atoms with Gasteiger partial charge in [-0.3, -0.25) is 9.78 Å². The van der Waals surface area contributed by atoms with Crippen LogP contribution in [-0.4, -0.2) is 20.9 Å². The topological polar surface area (TPSA) is 79.8 Å². The maximum absolute atomic E-state index is 12.7. The van der Waals surface area contributed by atoms with Gasteiger partial charge in [-0.25, -0.2) is 9.97 Å². The summed E-state index contributed by atoms with van der Waals surface area (Å²) in [7, 11) is 0. The lowest BCUT2D eigenvalue weighted by molar-refractivity contribution is 0.102. The molecule has 0 bridgehead atoms. The monoisotopic (exact) mass is 423 g/mol. The second-order valence-electron chi connectivity index (χ2n) is 7.89. The molecule has 1 amide bonds. The highest BCUT2D eigenvalue weighted by Gasteiger charge is 2.10. The Labute approximate surface area is 187 Å². The minimum absolute atomic E-state index is 0.148. The largest absolute Gasteiger partial charge is 0.324 e. The number of nitrogens with zero attached hydrogens (tertiary/aromatic N) is 3. The first-order chi connectivity index (χ1) is 15.5. The van der Waals surface area contributed by atoms with Crippen molar-refractivity contribution in [3.63, 3.8) is 0 Å². The van der Waals surface area contributed by atoms with Crippen molar-refractivity contribution in [1.82, 2.24) is 15.0 Å². The zero-order valence-electron chi connectivity index (χ0n) is 18.3. The molecule has 32 heavy (non-hydrogen) atoms. The molecule has 6 heteroatoms. The van der Waals surface area contributed by atoms with Crippen LogP contribution in [0.4, 0.5) is 17.3 Å². The third-order valence-electron chi connectivity index (χ3n) is 5.19. The second kappa shape index (κ2) is 9.39. The van der Waals surface area contributed by atoms with Crippen LogP contribution in [-0.2, 0) is 0 Å². The molecule has 0 saturated heterocycles. The third kappa shape index (κ3) is 4.98. The van der Waals surface area contributed by atoms with E-state index in [0.29, 0.717) is 23.1 Å². The van der Waals surface area contributed by atoms with Crippen LogP contribution < -0.4 is 10.6 Å². The van der Waals surface area contributed by atoms with Gasteiger partial charge in [0, 0.05) is 41.1 Å². The summed E-state index contributed by atoms with van der Waals surface area (Å²) in [6, 6.07) is 19.1. The zero-order chi connectivity index (χ0) is 22.5. The third-order valence-corrected chi connectivity index (χ3v) is 5.19. The molecule has 0 aliphatic rings. The standard InChI is InChI=1S/C26H25N5O/c1-17(2)19-7-9-20(10-8-19)25(32)29-22-11-6-18(3)24(15-22)31-26-28-14-12-23(30-26)21-5-4-13-27-16-21/h4-17H,1-3H3,(H,29,32)(H,28,30,31). The number of carbonyl (C=O) groups is 1. The number of anilines is 3. The van der Waals surface area contributed by atoms with Crippen LogP contribution in [0.15, 0.2) is 79.3 Å². The molecule has 160 valence electrons. The van der Waals surface area contributed by atoms with Gasteiger partial charge in [0.1, 0.15) is 0 Å². The van der Waals surface area contributed by atoms with Gasteiger partial charge in [0.15, 0.2) is 0 Å². The van der Waals surface area contributed by atoms with Crippen molar-refractivity contribution in [2.75, 3.05) is 10.6 Å². The molecule has 6 nitrogen and oxygen atoms in total. The summed E-state index contributed by atoms with van der Waals surface area (Å²) in [5.41, 5.74) is 6.05. The molecule has 0 atom stereocenters. The summed E-state index contributed by atoms with van der Waals surface area (Å²) < 4.78 is 0. The lowest BCUT2D eigenvalue weighted by Crippen LogP contribution is -2.12. The van der Waals surface area contributed by atoms with E-state index in [1.165, 1.54) is 5.56 Å². The summed E-state index contributed by atoms with van der Waals surface area (Å²) in [6.45, 7) is 6.25. The van der Waals surface area contributed by atoms with Gasteiger partial charge in [0.05, 0.1) is 5.69 Å². The zero-order valence-corrected chi connectivity index (χ0v) is 18.3. The summed E-state index contributed by atoms with van der Waals surface area (Å²) >= 11 is 0. The molecular formula is C26H25N5O. The van der Waals surface area contributed by atoms with Gasteiger partial charge in [-0.15, -0.1) is 0 Å². The fourth-order valence-electron chi connectivity index (χ4n) is 3.27. The number of nitrogens with one attached hydrogen (secondary N) is 2. The van der Waals surface area contributed by atoms with Gasteiger partial charge in [-0.1, -0.05) is 32.0 Å². The number of aromatic nitrogens is 3. The second-order valence-corrected chi connectivity index (χ2v) is 7.89. The summed E-state index contributed by atoms with van der Waals surface area (Å²) in [4.78, 5) is 25.8. The molecular weight excluding hydrogens is 398 g/mol. The summed E-state index contributed by atoms with van der Waals surface area (Å²) in [5, 5.41) is 6.23. The van der Waals surface area contributed by atoms with E-state index in [4.69, 9.17) is 0 Å². The Morgan fingerprint density at radius 3 is 2.50 bits per heavy atom. The normalized spacial score (nSPS) is 10.8. The molecule has 0 aliphatic carbocycles. The van der Waals surface area contributed by atoms with E-state index in [1.807, 2.05) is 67.6 Å². The summed E-state index contributed by atoms with van der Waals surface area (Å²) in [5.74, 6) is 0.754. The average molecular weight is 424 g/mol. The number of pyridine rings is 1. The smallest absolute Gasteiger partial charge is 0.255 e. The molecule has 2 aromatic heterocycles. The Hall–Kier alpha value is -4.06. The quantitative estimate of drug-likeness (QED) is 0.400. The molecule has 0 radical (unpaired) electrons. The highest BCUT2D eigenvalue weighted by Crippen LogP contribution is 2.25. The number of rotatable bonds is 6. The lowest BCUT2D eigenvalue weighted by Gasteiger charge is -2.12. The van der Waals surface area contributed by atoms with Crippen molar-refractivity contribution in [2.24, 2.45) is 0 Å². The van der Waals surface area contributed by atoms with Crippen LogP contribution in [0.25, 0.3) is 11.3 Å². The molecule has 2 heterocycles. The maximum atomic E-state index is 12.7. The Balaban J connectivity index is 1.51. The van der Waals surface area contributed by atoms with Crippen molar-refractivity contribution in [1.29, 1.82) is 0 Å². The molecule has 0 fully saturated rings. The highest BCUT2D eigenvalue weighted by molar-refractivity contribution is 6.04. The van der Waals surface area contributed by atoms with Gasteiger partial charge in [0.2, 0.25) is 5.95 Å². The minimum Gasteiger partial charge on any atom is -0.324 e. The molecule has 0 unspecified atom stereocenters. The number of aryl methyl sites for hydroxylation is 1. The SMILES string of the molecule is Cc1ccc(NC(=O)c2ccc(C(C)C)cc2)cc1Nc1nccc(-c2cccnc2)n1. The average Bonchev–Trinajstić information content (AvgIpc) is 2.82. The fourth-order valence-corrected chi connectivity index (χ4v) is 3.27. The van der Waals surface area contributed by atoms with Crippen molar-refractivity contribution in [3.8, 4) is 11.3 Å². The van der Waals surface area contributed by atoms with E-state index in [-0.39, 0.29) is 5.91 Å². The molecule has 2 aromatic carbocycles. The first-order valence-corrected chi connectivity index (χ1v) is 10.5. The molecule has 4 aromatic rings. The Bertz CT molecular complexity index is 1220. The fraction of sp³-hybridized carbons (Fsp3) is 0.154. The molecule has 4 rings (SSSR count). The Morgan fingerprint density at radius 1 is 0.969 bits per heavy atom. The van der Waals surface area contributed by atoms with E-state index >= 15 is 0 Å². The maximum Gasteiger partial charge on any atom is 0.255 e. The predicted octanol–water partition coefficient (Wildman–Crippen LogP) is 5.97. The van der Waals surface area contributed by atoms with Crippen LogP contribution in [0.2, 0.25) is 0 Å². The van der Waals surface area contributed by atoms with Crippen LogP contribution in [0.1, 0.15) is 41.3 Å². The highest BCUT2D eigenvalue weighted by atomic mass is 16.1. The van der Waals surface area contributed by atoms with Crippen LogP contribution in [0.5, 0.6) is 0 Å². The van der Waals surface area contributed by atoms with Gasteiger partial charge < -0.3 is 10.6 Å². The summed E-state index contributed by atoms with van der Waals surface area (Å²) in [6.07, 6.45) is 5.20. The number of benzene rings is 2. The van der Waals surface area contributed by atoms with E-state index in [0.717, 1.165) is 22.5 Å². The van der Waals surface area contributed by atoms with Crippen molar-refractivity contribution in [2.45, 2.75) is 26.7 Å². The van der Waals surface area contributed by atoms with Crippen LogP contribution in [0, 0.1) is 6.92 Å². The van der Waals surface area contributed by atoms with Crippen LogP contribution in [0.3, 0.4) is 0 Å². The lowest BCUT2D eigenvalue weighted by atomic mass is 10.0. The predicted molar refractivity (Wildman–Crippen MR) is 128 cm³/mol. The van der Waals surface area contributed by atoms with Gasteiger partial charge in [-0.05, 0) is 66.4 Å². The molecule has 0 saturated carbocycles. The Morgan fingerprint density at radius 2 is 1.78 bits per heavy atom. The van der Waals surface area contributed by atoms with E-state index in [9.17, 15) is 4.79 Å². The van der Waals surface area contributed by atoms with Crippen molar-refractivity contribution in [3.05, 3.63) is 95.9 Å². The first-order valence-electron chi connectivity index (χ1n) is 10.5. The first kappa shape index (κ1) is 21.2. The van der Waals surface area contributed by atoms with Crippen LogP contribution >= 0.6 is 0 Å². The Kier molecular flexibility index (Phi) is 6.22. The van der Waals surface area contributed by atoms with E-state index in [2.05, 4.69) is 39.4 Å². The number of amides is 1. The van der Waals surface area contributed by atoms with Gasteiger partial charge in [0.25, 0.3) is 5.91 Å². The van der Waals surface area contributed by atoms with Crippen molar-refractivity contribution < 1.29 is 4.79 Å².